The summed E-state index contributed by atoms with van der Waals surface area (Å²) in [6.45, 7) is 2.13. The van der Waals surface area contributed by atoms with Gasteiger partial charge in [0.1, 0.15) is 11.3 Å². The zero-order chi connectivity index (χ0) is 11.8. The largest absolute Gasteiger partial charge is 0.331 e. The Morgan fingerprint density at radius 3 is 3.12 bits per heavy atom. The number of rotatable bonds is 2. The lowest BCUT2D eigenvalue weighted by Gasteiger charge is -2.07. The molecule has 0 bridgehead atoms. The SMILES string of the molecule is Cn1c(CC2CCNC2)nc2c(F)cccc21. The van der Waals surface area contributed by atoms with Gasteiger partial charge < -0.3 is 9.88 Å². The van der Waals surface area contributed by atoms with E-state index in [1.165, 1.54) is 12.5 Å². The summed E-state index contributed by atoms with van der Waals surface area (Å²) in [5, 5.41) is 3.35. The molecular weight excluding hydrogens is 217 g/mol. The third-order valence-corrected chi connectivity index (χ3v) is 3.59. The van der Waals surface area contributed by atoms with Crippen LogP contribution < -0.4 is 5.32 Å². The quantitative estimate of drug-likeness (QED) is 0.858. The molecule has 90 valence electrons. The average molecular weight is 233 g/mol. The minimum absolute atomic E-state index is 0.228. The van der Waals surface area contributed by atoms with Gasteiger partial charge in [0.2, 0.25) is 0 Å². The molecule has 1 fully saturated rings. The van der Waals surface area contributed by atoms with Crippen molar-refractivity contribution in [3.63, 3.8) is 0 Å². The first-order valence-electron chi connectivity index (χ1n) is 6.06. The fourth-order valence-electron chi connectivity index (χ4n) is 2.56. The number of para-hydroxylation sites is 1. The van der Waals surface area contributed by atoms with E-state index in [0.29, 0.717) is 11.4 Å². The molecule has 2 aromatic rings. The van der Waals surface area contributed by atoms with E-state index in [0.717, 1.165) is 30.9 Å². The minimum Gasteiger partial charge on any atom is -0.331 e. The fourth-order valence-corrected chi connectivity index (χ4v) is 2.56. The molecule has 1 aromatic carbocycles. The van der Waals surface area contributed by atoms with E-state index < -0.39 is 0 Å². The monoisotopic (exact) mass is 233 g/mol. The molecule has 17 heavy (non-hydrogen) atoms. The Balaban J connectivity index is 1.99. The van der Waals surface area contributed by atoms with Gasteiger partial charge in [0, 0.05) is 13.5 Å². The molecule has 0 spiro atoms. The van der Waals surface area contributed by atoms with E-state index in [9.17, 15) is 4.39 Å². The van der Waals surface area contributed by atoms with Crippen LogP contribution in [0.3, 0.4) is 0 Å². The van der Waals surface area contributed by atoms with E-state index in [1.807, 2.05) is 17.7 Å². The van der Waals surface area contributed by atoms with Crippen LogP contribution in [-0.4, -0.2) is 22.6 Å². The third kappa shape index (κ3) is 1.82. The van der Waals surface area contributed by atoms with Gasteiger partial charge >= 0.3 is 0 Å². The zero-order valence-corrected chi connectivity index (χ0v) is 9.91. The molecule has 4 heteroatoms. The molecule has 0 aliphatic carbocycles. The predicted molar refractivity (Wildman–Crippen MR) is 65.4 cm³/mol. The van der Waals surface area contributed by atoms with Gasteiger partial charge in [-0.05, 0) is 37.6 Å². The Morgan fingerprint density at radius 1 is 1.53 bits per heavy atom. The van der Waals surface area contributed by atoms with Crippen LogP contribution in [0.4, 0.5) is 4.39 Å². The molecule has 1 saturated heterocycles. The molecule has 0 amide bonds. The van der Waals surface area contributed by atoms with Gasteiger partial charge in [0.05, 0.1) is 5.52 Å². The molecule has 1 aromatic heterocycles. The van der Waals surface area contributed by atoms with Gasteiger partial charge in [-0.2, -0.15) is 0 Å². The number of nitrogens with zero attached hydrogens (tertiary/aromatic N) is 2. The molecule has 1 aliphatic rings. The highest BCUT2D eigenvalue weighted by Gasteiger charge is 2.19. The molecular formula is C13H16FN3. The van der Waals surface area contributed by atoms with Crippen molar-refractivity contribution in [2.45, 2.75) is 12.8 Å². The predicted octanol–water partition coefficient (Wildman–Crippen LogP) is 1.86. The number of hydrogen-bond donors (Lipinski definition) is 1. The Kier molecular flexibility index (Phi) is 2.59. The first kappa shape index (κ1) is 10.7. The van der Waals surface area contributed by atoms with Crippen molar-refractivity contribution in [1.29, 1.82) is 0 Å². The van der Waals surface area contributed by atoms with Crippen LogP contribution in [0, 0.1) is 11.7 Å². The van der Waals surface area contributed by atoms with Crippen molar-refractivity contribution in [1.82, 2.24) is 14.9 Å². The molecule has 1 atom stereocenters. The number of nitrogens with one attached hydrogen (secondary N) is 1. The van der Waals surface area contributed by atoms with Gasteiger partial charge in [-0.1, -0.05) is 6.07 Å². The number of benzene rings is 1. The maximum Gasteiger partial charge on any atom is 0.151 e. The van der Waals surface area contributed by atoms with Crippen molar-refractivity contribution in [3.8, 4) is 0 Å². The Hall–Kier alpha value is -1.42. The number of hydrogen-bond acceptors (Lipinski definition) is 2. The summed E-state index contributed by atoms with van der Waals surface area (Å²) < 4.78 is 15.6. The average Bonchev–Trinajstić information content (AvgIpc) is 2.92. The van der Waals surface area contributed by atoms with Crippen molar-refractivity contribution < 1.29 is 4.39 Å². The van der Waals surface area contributed by atoms with Crippen molar-refractivity contribution >= 4 is 11.0 Å². The highest BCUT2D eigenvalue weighted by atomic mass is 19.1. The van der Waals surface area contributed by atoms with Crippen LogP contribution in [0.1, 0.15) is 12.2 Å². The van der Waals surface area contributed by atoms with Crippen LogP contribution in [0.15, 0.2) is 18.2 Å². The van der Waals surface area contributed by atoms with Crippen LogP contribution in [0.5, 0.6) is 0 Å². The molecule has 1 unspecified atom stereocenters. The number of imidazole rings is 1. The van der Waals surface area contributed by atoms with Crippen molar-refractivity contribution in [2.75, 3.05) is 13.1 Å². The lowest BCUT2D eigenvalue weighted by molar-refractivity contribution is 0.551. The topological polar surface area (TPSA) is 29.9 Å². The van der Waals surface area contributed by atoms with E-state index in [2.05, 4.69) is 10.3 Å². The third-order valence-electron chi connectivity index (χ3n) is 3.59. The smallest absolute Gasteiger partial charge is 0.151 e. The summed E-state index contributed by atoms with van der Waals surface area (Å²) in [5.74, 6) is 1.39. The van der Waals surface area contributed by atoms with E-state index in [4.69, 9.17) is 0 Å². The number of aromatic nitrogens is 2. The Labute approximate surface area is 99.7 Å². The van der Waals surface area contributed by atoms with Gasteiger partial charge in [-0.15, -0.1) is 0 Å². The zero-order valence-electron chi connectivity index (χ0n) is 9.91. The van der Waals surface area contributed by atoms with E-state index in [-0.39, 0.29) is 5.82 Å². The summed E-state index contributed by atoms with van der Waals surface area (Å²) in [6, 6.07) is 5.12. The number of fused-ring (bicyclic) bond motifs is 1. The highest BCUT2D eigenvalue weighted by molar-refractivity contribution is 5.76. The molecule has 0 saturated carbocycles. The summed E-state index contributed by atoms with van der Waals surface area (Å²) in [5.41, 5.74) is 1.38. The number of halogens is 1. The summed E-state index contributed by atoms with van der Waals surface area (Å²) >= 11 is 0. The Bertz CT molecular complexity index is 541. The summed E-state index contributed by atoms with van der Waals surface area (Å²) in [4.78, 5) is 4.44. The van der Waals surface area contributed by atoms with Gasteiger partial charge in [0.25, 0.3) is 0 Å². The molecule has 3 rings (SSSR count). The summed E-state index contributed by atoms with van der Waals surface area (Å²) in [7, 11) is 1.96. The standard InChI is InChI=1S/C13H16FN3/c1-17-11-4-2-3-10(14)13(11)16-12(17)7-9-5-6-15-8-9/h2-4,9,15H,5-8H2,1H3. The minimum atomic E-state index is -0.228. The van der Waals surface area contributed by atoms with Crippen LogP contribution in [0.25, 0.3) is 11.0 Å². The summed E-state index contributed by atoms with van der Waals surface area (Å²) in [6.07, 6.45) is 2.11. The lowest BCUT2D eigenvalue weighted by atomic mass is 10.0. The second-order valence-corrected chi connectivity index (χ2v) is 4.76. The maximum atomic E-state index is 13.6. The van der Waals surface area contributed by atoms with Gasteiger partial charge in [-0.25, -0.2) is 9.37 Å². The van der Waals surface area contributed by atoms with E-state index >= 15 is 0 Å². The normalized spacial score (nSPS) is 20.2. The molecule has 1 aliphatic heterocycles. The Morgan fingerprint density at radius 2 is 2.41 bits per heavy atom. The molecule has 3 nitrogen and oxygen atoms in total. The number of aryl methyl sites for hydroxylation is 1. The van der Waals surface area contributed by atoms with Gasteiger partial charge in [0.15, 0.2) is 5.82 Å². The van der Waals surface area contributed by atoms with Crippen LogP contribution in [-0.2, 0) is 13.5 Å². The second-order valence-electron chi connectivity index (χ2n) is 4.76. The molecule has 2 heterocycles. The molecule has 0 radical (unpaired) electrons. The highest BCUT2D eigenvalue weighted by Crippen LogP contribution is 2.21. The maximum absolute atomic E-state index is 13.6. The fraction of sp³-hybridized carbons (Fsp3) is 0.462. The molecule has 1 N–H and O–H groups in total. The van der Waals surface area contributed by atoms with Crippen molar-refractivity contribution in [3.05, 3.63) is 29.8 Å². The second kappa shape index (κ2) is 4.11. The van der Waals surface area contributed by atoms with Crippen LogP contribution >= 0.6 is 0 Å². The first-order chi connectivity index (χ1) is 8.25. The van der Waals surface area contributed by atoms with E-state index in [1.54, 1.807) is 6.07 Å². The first-order valence-corrected chi connectivity index (χ1v) is 6.06. The van der Waals surface area contributed by atoms with Crippen molar-refractivity contribution in [2.24, 2.45) is 13.0 Å². The lowest BCUT2D eigenvalue weighted by Crippen LogP contribution is -2.12. The van der Waals surface area contributed by atoms with Gasteiger partial charge in [-0.3, -0.25) is 0 Å². The van der Waals surface area contributed by atoms with Crippen LogP contribution in [0.2, 0.25) is 0 Å².